The van der Waals surface area contributed by atoms with Crippen LogP contribution in [-0.4, -0.2) is 78.5 Å². The van der Waals surface area contributed by atoms with Crippen LogP contribution in [0, 0.1) is 5.92 Å². The summed E-state index contributed by atoms with van der Waals surface area (Å²) in [5.41, 5.74) is 3.05. The van der Waals surface area contributed by atoms with E-state index in [1.165, 1.54) is 5.56 Å². The Morgan fingerprint density at radius 2 is 1.76 bits per heavy atom. The Kier molecular flexibility index (Phi) is 9.77. The molecule has 2 heterocycles. The summed E-state index contributed by atoms with van der Waals surface area (Å²) in [7, 11) is 0. The molecule has 1 aromatic carbocycles. The third-order valence-corrected chi connectivity index (χ3v) is 7.04. The number of benzene rings is 1. The van der Waals surface area contributed by atoms with Crippen molar-refractivity contribution in [3.63, 3.8) is 0 Å². The summed E-state index contributed by atoms with van der Waals surface area (Å²) >= 11 is 0. The van der Waals surface area contributed by atoms with Crippen molar-refractivity contribution in [1.82, 2.24) is 20.0 Å². The second-order valence-corrected chi connectivity index (χ2v) is 11.5. The van der Waals surface area contributed by atoms with E-state index in [-0.39, 0.29) is 30.5 Å². The van der Waals surface area contributed by atoms with Gasteiger partial charge in [0.05, 0.1) is 18.2 Å². The molecule has 0 aromatic heterocycles. The summed E-state index contributed by atoms with van der Waals surface area (Å²) < 4.78 is 5.51. The molecule has 0 unspecified atom stereocenters. The van der Waals surface area contributed by atoms with Crippen molar-refractivity contribution >= 4 is 17.9 Å². The van der Waals surface area contributed by atoms with E-state index in [9.17, 15) is 14.4 Å². The summed E-state index contributed by atoms with van der Waals surface area (Å²) in [6.07, 6.45) is 2.20. The van der Waals surface area contributed by atoms with E-state index in [2.05, 4.69) is 37.6 Å². The first-order valence-corrected chi connectivity index (χ1v) is 13.7. The number of ether oxygens (including phenoxy) is 1. The van der Waals surface area contributed by atoms with Crippen LogP contribution in [0.15, 0.2) is 48.2 Å². The second kappa shape index (κ2) is 12.6. The highest BCUT2D eigenvalue weighted by Crippen LogP contribution is 2.33. The van der Waals surface area contributed by atoms with Gasteiger partial charge in [0, 0.05) is 51.4 Å². The molecule has 2 aliphatic rings. The zero-order valence-corrected chi connectivity index (χ0v) is 23.9. The Morgan fingerprint density at radius 1 is 1.13 bits per heavy atom. The summed E-state index contributed by atoms with van der Waals surface area (Å²) in [6.45, 7) is 19.6. The minimum atomic E-state index is -0.624. The number of nitrogens with zero attached hydrogens (tertiary/aromatic N) is 3. The first-order chi connectivity index (χ1) is 18.0. The molecule has 1 saturated heterocycles. The summed E-state index contributed by atoms with van der Waals surface area (Å²) in [5, 5.41) is 3.03. The lowest BCUT2D eigenvalue weighted by molar-refractivity contribution is -0.139. The molecule has 3 rings (SSSR count). The Hall–Kier alpha value is -3.13. The van der Waals surface area contributed by atoms with E-state index in [1.54, 1.807) is 17.9 Å². The van der Waals surface area contributed by atoms with Gasteiger partial charge < -0.3 is 15.0 Å². The molecule has 8 nitrogen and oxygen atoms in total. The van der Waals surface area contributed by atoms with E-state index >= 15 is 0 Å². The van der Waals surface area contributed by atoms with Crippen LogP contribution < -0.4 is 5.32 Å². The van der Waals surface area contributed by atoms with Gasteiger partial charge in [-0.1, -0.05) is 65.0 Å². The number of piperazine rings is 1. The summed E-state index contributed by atoms with van der Waals surface area (Å²) in [4.78, 5) is 45.0. The molecule has 38 heavy (non-hydrogen) atoms. The number of hydrogen-bond acceptors (Lipinski definition) is 5. The van der Waals surface area contributed by atoms with Gasteiger partial charge in [-0.05, 0) is 29.4 Å². The molecule has 1 atom stereocenters. The van der Waals surface area contributed by atoms with Crippen LogP contribution in [0.3, 0.4) is 0 Å². The zero-order valence-electron chi connectivity index (χ0n) is 23.9. The number of esters is 1. The molecule has 3 amide bonds. The lowest BCUT2D eigenvalue weighted by atomic mass is 9.85. The fraction of sp³-hybridized carbons (Fsp3) is 0.567. The Balaban J connectivity index is 1.96. The highest BCUT2D eigenvalue weighted by molar-refractivity contribution is 5.95. The third kappa shape index (κ3) is 7.04. The highest BCUT2D eigenvalue weighted by atomic mass is 16.5. The lowest BCUT2D eigenvalue weighted by Crippen LogP contribution is -2.54. The molecule has 8 heteroatoms. The summed E-state index contributed by atoms with van der Waals surface area (Å²) in [5.74, 6) is 0.0582. The maximum absolute atomic E-state index is 13.4. The van der Waals surface area contributed by atoms with Crippen LogP contribution in [-0.2, 0) is 19.7 Å². The molecule has 0 bridgehead atoms. The standard InChI is InChI=1S/C30H44N4O4/c1-8-14-34-24(20-32-15-17-33(18-16-32)25(35)19-21(3)4)26(28(36)38-9-2)27(31-29(34)37)22-10-12-23(13-11-22)30(5,6)7/h8,10-13,21,27H,1,9,14-20H2,2-7H3,(H,31,37)/t27-/m0/s1. The minimum absolute atomic E-state index is 0.0151. The number of carbonyl (C=O) groups is 3. The fourth-order valence-corrected chi connectivity index (χ4v) is 4.92. The van der Waals surface area contributed by atoms with Gasteiger partial charge in [-0.2, -0.15) is 0 Å². The van der Waals surface area contributed by atoms with Crippen LogP contribution in [0.25, 0.3) is 0 Å². The van der Waals surface area contributed by atoms with E-state index in [1.807, 2.05) is 43.0 Å². The topological polar surface area (TPSA) is 82.2 Å². The van der Waals surface area contributed by atoms with Crippen molar-refractivity contribution in [2.75, 3.05) is 45.9 Å². The normalized spacial score (nSPS) is 19.0. The molecular formula is C30H44N4O4. The largest absolute Gasteiger partial charge is 0.463 e. The van der Waals surface area contributed by atoms with E-state index in [0.717, 1.165) is 5.56 Å². The quantitative estimate of drug-likeness (QED) is 0.386. The molecule has 208 valence electrons. The Labute approximate surface area is 227 Å². The molecule has 0 aliphatic carbocycles. The van der Waals surface area contributed by atoms with Gasteiger partial charge in [-0.25, -0.2) is 9.59 Å². The number of carbonyl (C=O) groups excluding carboxylic acids is 3. The average Bonchev–Trinajstić information content (AvgIpc) is 2.85. The first-order valence-electron chi connectivity index (χ1n) is 13.7. The molecule has 0 saturated carbocycles. The van der Waals surface area contributed by atoms with Crippen molar-refractivity contribution in [2.45, 2.75) is 59.4 Å². The van der Waals surface area contributed by atoms with Gasteiger partial charge in [0.2, 0.25) is 5.91 Å². The third-order valence-electron chi connectivity index (χ3n) is 7.04. The molecule has 1 fully saturated rings. The van der Waals surface area contributed by atoms with Crippen molar-refractivity contribution in [2.24, 2.45) is 5.92 Å². The minimum Gasteiger partial charge on any atom is -0.463 e. The molecule has 1 N–H and O–H groups in total. The van der Waals surface area contributed by atoms with Crippen LogP contribution in [0.5, 0.6) is 0 Å². The van der Waals surface area contributed by atoms with E-state index in [0.29, 0.717) is 56.3 Å². The average molecular weight is 525 g/mol. The van der Waals surface area contributed by atoms with Crippen molar-refractivity contribution in [1.29, 1.82) is 0 Å². The van der Waals surface area contributed by atoms with Crippen LogP contribution in [0.2, 0.25) is 0 Å². The second-order valence-electron chi connectivity index (χ2n) is 11.5. The maximum atomic E-state index is 13.4. The van der Waals surface area contributed by atoms with Gasteiger partial charge in [0.15, 0.2) is 0 Å². The van der Waals surface area contributed by atoms with Gasteiger partial charge in [-0.3, -0.25) is 14.6 Å². The lowest BCUT2D eigenvalue weighted by Gasteiger charge is -2.40. The van der Waals surface area contributed by atoms with Crippen LogP contribution in [0.4, 0.5) is 4.79 Å². The highest BCUT2D eigenvalue weighted by Gasteiger charge is 2.39. The predicted octanol–water partition coefficient (Wildman–Crippen LogP) is 4.24. The number of nitrogens with one attached hydrogen (secondary N) is 1. The van der Waals surface area contributed by atoms with Gasteiger partial charge in [0.25, 0.3) is 0 Å². The predicted molar refractivity (Wildman–Crippen MR) is 149 cm³/mol. The van der Waals surface area contributed by atoms with Gasteiger partial charge >= 0.3 is 12.0 Å². The van der Waals surface area contributed by atoms with Crippen LogP contribution >= 0.6 is 0 Å². The van der Waals surface area contributed by atoms with E-state index in [4.69, 9.17) is 4.74 Å². The Bertz CT molecular complexity index is 1050. The number of urea groups is 1. The number of rotatable bonds is 9. The molecule has 1 aromatic rings. The maximum Gasteiger partial charge on any atom is 0.338 e. The SMILES string of the molecule is C=CCN1C(=O)N[C@@H](c2ccc(C(C)(C)C)cc2)C(C(=O)OCC)=C1CN1CCN(C(=O)CC(C)C)CC1. The van der Waals surface area contributed by atoms with Crippen molar-refractivity contribution in [3.05, 3.63) is 59.3 Å². The number of hydrogen-bond donors (Lipinski definition) is 1. The van der Waals surface area contributed by atoms with E-state index < -0.39 is 12.0 Å². The van der Waals surface area contributed by atoms with Gasteiger partial charge in [-0.15, -0.1) is 6.58 Å². The van der Waals surface area contributed by atoms with Crippen LogP contribution in [0.1, 0.15) is 65.1 Å². The summed E-state index contributed by atoms with van der Waals surface area (Å²) in [6, 6.07) is 7.15. The smallest absolute Gasteiger partial charge is 0.338 e. The first kappa shape index (κ1) is 29.4. The zero-order chi connectivity index (χ0) is 28.0. The molecule has 0 radical (unpaired) electrons. The molecule has 0 spiro atoms. The Morgan fingerprint density at radius 3 is 2.29 bits per heavy atom. The van der Waals surface area contributed by atoms with Gasteiger partial charge in [0.1, 0.15) is 0 Å². The monoisotopic (exact) mass is 524 g/mol. The molecule has 2 aliphatic heterocycles. The fourth-order valence-electron chi connectivity index (χ4n) is 4.92. The van der Waals surface area contributed by atoms with Crippen molar-refractivity contribution in [3.8, 4) is 0 Å². The van der Waals surface area contributed by atoms with Crippen molar-refractivity contribution < 1.29 is 19.1 Å². The molecular weight excluding hydrogens is 480 g/mol. The number of amides is 3.